The fraction of sp³-hybridized carbons (Fsp3) is 0.789. The molecule has 4 saturated carbocycles. The highest BCUT2D eigenvalue weighted by molar-refractivity contribution is 7.09. The van der Waals surface area contributed by atoms with Crippen molar-refractivity contribution in [3.63, 3.8) is 0 Å². The molecule has 0 aliphatic heterocycles. The summed E-state index contributed by atoms with van der Waals surface area (Å²) >= 11 is 1.53. The number of ether oxygens (including phenoxy) is 1. The molecule has 4 aliphatic rings. The van der Waals surface area contributed by atoms with E-state index in [1.807, 2.05) is 18.4 Å². The second kappa shape index (κ2) is 6.32. The van der Waals surface area contributed by atoms with E-state index < -0.39 is 5.60 Å². The van der Waals surface area contributed by atoms with Gasteiger partial charge >= 0.3 is 0 Å². The summed E-state index contributed by atoms with van der Waals surface area (Å²) < 4.78 is 7.23. The molecule has 4 fully saturated rings. The summed E-state index contributed by atoms with van der Waals surface area (Å²) in [6.45, 7) is 5.35. The summed E-state index contributed by atoms with van der Waals surface area (Å²) in [5.74, 6) is 1.33. The molecule has 1 aromatic heterocycles. The number of aromatic nitrogens is 1. The highest BCUT2D eigenvalue weighted by Crippen LogP contribution is 2.58. The lowest BCUT2D eigenvalue weighted by Crippen LogP contribution is -2.61. The molecule has 0 saturated heterocycles. The van der Waals surface area contributed by atoms with Gasteiger partial charge in [-0.1, -0.05) is 0 Å². The van der Waals surface area contributed by atoms with Gasteiger partial charge in [-0.25, -0.2) is 0 Å². The van der Waals surface area contributed by atoms with Gasteiger partial charge in [-0.05, 0) is 69.6 Å². The number of amides is 1. The molecule has 1 amide bonds. The lowest BCUT2D eigenvalue weighted by Gasteiger charge is -2.57. The number of hydrogen-bond acceptors (Lipinski definition) is 4. The Bertz CT molecular complexity index is 720. The van der Waals surface area contributed by atoms with Crippen LogP contribution in [0.5, 0.6) is 0 Å². The van der Waals surface area contributed by atoms with Crippen molar-refractivity contribution in [3.05, 3.63) is 15.4 Å². The van der Waals surface area contributed by atoms with Crippen molar-refractivity contribution in [2.75, 3.05) is 13.7 Å². The third-order valence-corrected chi connectivity index (χ3v) is 7.93. The Morgan fingerprint density at radius 3 is 2.40 bits per heavy atom. The van der Waals surface area contributed by atoms with Crippen LogP contribution in [-0.2, 0) is 16.1 Å². The van der Waals surface area contributed by atoms with E-state index in [2.05, 4.69) is 4.99 Å². The normalized spacial score (nSPS) is 37.0. The Hall–Kier alpha value is -0.980. The molecule has 138 valence electrons. The van der Waals surface area contributed by atoms with Crippen LogP contribution in [0.3, 0.4) is 0 Å². The number of aryl methyl sites for hydroxylation is 1. The molecule has 5 nitrogen and oxygen atoms in total. The average Bonchev–Trinajstić information content (AvgIpc) is 2.83. The van der Waals surface area contributed by atoms with Crippen LogP contribution < -0.4 is 4.80 Å². The third kappa shape index (κ3) is 2.73. The minimum absolute atomic E-state index is 0.106. The van der Waals surface area contributed by atoms with Crippen LogP contribution in [0.1, 0.15) is 42.7 Å². The van der Waals surface area contributed by atoms with E-state index in [0.29, 0.717) is 29.8 Å². The Labute approximate surface area is 152 Å². The smallest absolute Gasteiger partial charge is 0.280 e. The molecule has 0 radical (unpaired) electrons. The quantitative estimate of drug-likeness (QED) is 0.892. The van der Waals surface area contributed by atoms with Gasteiger partial charge in [0, 0.05) is 24.2 Å². The first-order valence-electron chi connectivity index (χ1n) is 9.40. The maximum atomic E-state index is 13.1. The minimum Gasteiger partial charge on any atom is -0.383 e. The van der Waals surface area contributed by atoms with Gasteiger partial charge in [0.15, 0.2) is 10.4 Å². The van der Waals surface area contributed by atoms with E-state index in [0.717, 1.165) is 36.3 Å². The van der Waals surface area contributed by atoms with Gasteiger partial charge in [0.05, 0.1) is 6.61 Å². The predicted molar refractivity (Wildman–Crippen MR) is 96.2 cm³/mol. The first kappa shape index (κ1) is 17.4. The zero-order chi connectivity index (χ0) is 17.8. The maximum absolute atomic E-state index is 13.1. The van der Waals surface area contributed by atoms with E-state index >= 15 is 0 Å². The number of hydrogen-bond donors (Lipinski definition) is 1. The topological polar surface area (TPSA) is 63.8 Å². The van der Waals surface area contributed by atoms with Crippen LogP contribution in [0.2, 0.25) is 0 Å². The van der Waals surface area contributed by atoms with E-state index in [4.69, 9.17) is 4.74 Å². The number of nitrogens with zero attached hydrogens (tertiary/aromatic N) is 2. The molecule has 0 spiro atoms. The lowest BCUT2D eigenvalue weighted by molar-refractivity contribution is -0.184. The SMILES string of the molecule is COCCn1c(C)c(C)sc1=NC(=O)C1(O)C2CC3CC(C2)CC1C3. The van der Waals surface area contributed by atoms with Gasteiger partial charge in [0.25, 0.3) is 5.91 Å². The fourth-order valence-corrected chi connectivity index (χ4v) is 6.56. The van der Waals surface area contributed by atoms with Crippen molar-refractivity contribution in [1.29, 1.82) is 0 Å². The van der Waals surface area contributed by atoms with Crippen molar-refractivity contribution in [2.24, 2.45) is 28.7 Å². The zero-order valence-corrected chi connectivity index (χ0v) is 16.1. The zero-order valence-electron chi connectivity index (χ0n) is 15.3. The van der Waals surface area contributed by atoms with E-state index in [1.165, 1.54) is 17.8 Å². The van der Waals surface area contributed by atoms with Crippen LogP contribution in [0.15, 0.2) is 4.99 Å². The van der Waals surface area contributed by atoms with E-state index in [-0.39, 0.29) is 17.7 Å². The molecule has 1 N–H and O–H groups in total. The highest BCUT2D eigenvalue weighted by Gasteiger charge is 2.60. The van der Waals surface area contributed by atoms with Crippen LogP contribution >= 0.6 is 11.3 Å². The molecule has 4 aliphatic carbocycles. The number of carbonyl (C=O) groups excluding carboxylic acids is 1. The number of carbonyl (C=O) groups is 1. The van der Waals surface area contributed by atoms with Crippen molar-refractivity contribution < 1.29 is 14.6 Å². The Morgan fingerprint density at radius 2 is 1.84 bits per heavy atom. The largest absolute Gasteiger partial charge is 0.383 e. The number of thiazole rings is 1. The number of aliphatic hydroxyl groups is 1. The van der Waals surface area contributed by atoms with Crippen LogP contribution in [-0.4, -0.2) is 34.9 Å². The molecule has 1 heterocycles. The molecule has 0 unspecified atom stereocenters. The maximum Gasteiger partial charge on any atom is 0.280 e. The van der Waals surface area contributed by atoms with Gasteiger partial charge in [0.1, 0.15) is 0 Å². The number of rotatable bonds is 4. The Morgan fingerprint density at radius 1 is 1.24 bits per heavy atom. The lowest BCUT2D eigenvalue weighted by atomic mass is 9.49. The summed E-state index contributed by atoms with van der Waals surface area (Å²) in [5, 5.41) is 11.4. The van der Waals surface area contributed by atoms with Crippen LogP contribution in [0.25, 0.3) is 0 Å². The third-order valence-electron chi connectivity index (χ3n) is 6.83. The predicted octanol–water partition coefficient (Wildman–Crippen LogP) is 2.43. The Balaban J connectivity index is 1.68. The van der Waals surface area contributed by atoms with Gasteiger partial charge in [-0.15, -0.1) is 11.3 Å². The average molecular weight is 365 g/mol. The Kier molecular flexibility index (Phi) is 4.41. The molecular formula is C19H28N2O3S. The summed E-state index contributed by atoms with van der Waals surface area (Å²) in [5.41, 5.74) is -0.121. The van der Waals surface area contributed by atoms with Crippen molar-refractivity contribution in [1.82, 2.24) is 4.57 Å². The molecule has 1 aromatic rings. The summed E-state index contributed by atoms with van der Waals surface area (Å²) in [7, 11) is 1.67. The second-order valence-corrected chi connectivity index (χ2v) is 9.40. The van der Waals surface area contributed by atoms with Gasteiger partial charge in [-0.3, -0.25) is 4.79 Å². The molecule has 0 aromatic carbocycles. The molecular weight excluding hydrogens is 336 g/mol. The molecule has 25 heavy (non-hydrogen) atoms. The summed E-state index contributed by atoms with van der Waals surface area (Å²) in [4.78, 5) is 19.4. The second-order valence-electron chi connectivity index (χ2n) is 8.22. The van der Waals surface area contributed by atoms with Gasteiger partial charge in [0.2, 0.25) is 0 Å². The van der Waals surface area contributed by atoms with Crippen molar-refractivity contribution in [3.8, 4) is 0 Å². The highest BCUT2D eigenvalue weighted by atomic mass is 32.1. The monoisotopic (exact) mass is 364 g/mol. The molecule has 5 rings (SSSR count). The molecule has 0 atom stereocenters. The van der Waals surface area contributed by atoms with Crippen molar-refractivity contribution >= 4 is 17.2 Å². The standard InChI is InChI=1S/C19H28N2O3S/c1-11-12(2)25-18(21(11)4-5-24-3)20-17(22)19(23)15-7-13-6-14(9-15)10-16(19)8-13/h13-16,23H,4-10H2,1-3H3. The first-order chi connectivity index (χ1) is 11.9. The molecule has 4 bridgehead atoms. The first-order valence-corrected chi connectivity index (χ1v) is 10.2. The number of methoxy groups -OCH3 is 1. The van der Waals surface area contributed by atoms with E-state index in [9.17, 15) is 9.90 Å². The molecule has 6 heteroatoms. The van der Waals surface area contributed by atoms with E-state index in [1.54, 1.807) is 7.11 Å². The fourth-order valence-electron chi connectivity index (χ4n) is 5.56. The van der Waals surface area contributed by atoms with Crippen LogP contribution in [0, 0.1) is 37.5 Å². The van der Waals surface area contributed by atoms with Gasteiger partial charge < -0.3 is 14.4 Å². The van der Waals surface area contributed by atoms with Gasteiger partial charge in [-0.2, -0.15) is 4.99 Å². The minimum atomic E-state index is -1.24. The summed E-state index contributed by atoms with van der Waals surface area (Å²) in [6.07, 6.45) is 5.29. The summed E-state index contributed by atoms with van der Waals surface area (Å²) in [6, 6.07) is 0. The van der Waals surface area contributed by atoms with Crippen LogP contribution in [0.4, 0.5) is 0 Å². The van der Waals surface area contributed by atoms with Crippen molar-refractivity contribution in [2.45, 2.75) is 58.1 Å².